The zero-order chi connectivity index (χ0) is 0. The normalized spacial score (nSPS) is 0. The maximum absolute atomic E-state index is 0. The molecule has 0 unspecified atom stereocenters. The van der Waals surface area contributed by atoms with Gasteiger partial charge in [0, 0.05) is 0 Å². The maximum atomic E-state index is 0. The van der Waals surface area contributed by atoms with Crippen LogP contribution in [0.5, 0.6) is 0 Å². The van der Waals surface area contributed by atoms with Crippen molar-refractivity contribution in [2.24, 2.45) is 0 Å². The average molecular weight is 263 g/mol. The first kappa shape index (κ1) is 299. The van der Waals surface area contributed by atoms with Crippen LogP contribution in [0.25, 0.3) is 0 Å². The summed E-state index contributed by atoms with van der Waals surface area (Å²) in [7, 11) is 0. The van der Waals surface area contributed by atoms with Gasteiger partial charge in [-0.2, -0.15) is 0 Å². The molecule has 0 aliphatic carbocycles. The Balaban J connectivity index is 0. The van der Waals surface area contributed by atoms with Crippen LogP contribution in [0.1, 0.15) is 0 Å². The Hall–Kier alpha value is 1.19. The molecular weight excluding hydrogens is 258 g/mol. The van der Waals surface area contributed by atoms with Gasteiger partial charge in [0.1, 0.15) is 0 Å². The zero-order valence-corrected chi connectivity index (χ0v) is 7.35. The molecule has 0 aromatic heterocycles. The summed E-state index contributed by atoms with van der Waals surface area (Å²) in [6.07, 6.45) is 0. The summed E-state index contributed by atoms with van der Waals surface area (Å²) in [5, 5.41) is 0. The first-order valence-corrected chi connectivity index (χ1v) is 0. The summed E-state index contributed by atoms with van der Waals surface area (Å²) >= 11 is 0. The number of rotatable bonds is 0. The Bertz CT molecular complexity index is 8.04. The van der Waals surface area contributed by atoms with Crippen LogP contribution in [0.2, 0.25) is 0 Å². The van der Waals surface area contributed by atoms with Crippen LogP contribution in [-0.4, -0.2) is 53.2 Å². The van der Waals surface area contributed by atoms with E-state index in [4.69, 9.17) is 0 Å². The summed E-state index contributed by atoms with van der Waals surface area (Å²) in [6, 6.07) is 0. The Kier molecular flexibility index (Phi) is 8320. The van der Waals surface area contributed by atoms with Gasteiger partial charge in [-0.15, -0.1) is 0 Å². The van der Waals surface area contributed by atoms with E-state index >= 15 is 0 Å². The molecule has 0 aliphatic heterocycles. The summed E-state index contributed by atoms with van der Waals surface area (Å²) in [5.74, 6) is 0. The van der Waals surface area contributed by atoms with Gasteiger partial charge in [0.05, 0.1) is 0 Å². The standard InChI is InChI=1S/Cu.In.5H2O/h;;5*1H2/q+2;+3;;;;;/p-5. The largest absolute Gasteiger partial charge is 3.00 e. The molecule has 0 fully saturated rings. The van der Waals surface area contributed by atoms with Gasteiger partial charge in [-0.25, -0.2) is 0 Å². The second kappa shape index (κ2) is 195. The summed E-state index contributed by atoms with van der Waals surface area (Å²) < 4.78 is 0. The van der Waals surface area contributed by atoms with Gasteiger partial charge in [-0.3, -0.25) is 0 Å². The second-order valence-electron chi connectivity index (χ2n) is 0. The SMILES string of the molecule is [Cu+2].[In+3].[OH-].[OH-].[OH-].[OH-].[OH-]. The predicted octanol–water partition coefficient (Wildman–Crippen LogP) is -1.27. The van der Waals surface area contributed by atoms with Crippen molar-refractivity contribution in [2.75, 3.05) is 0 Å². The fourth-order valence-corrected chi connectivity index (χ4v) is 0. The molecule has 0 saturated heterocycles. The van der Waals surface area contributed by atoms with Crippen LogP contribution < -0.4 is 0 Å². The Morgan fingerprint density at radius 1 is 0.429 bits per heavy atom. The van der Waals surface area contributed by atoms with Crippen molar-refractivity contribution >= 4 is 25.8 Å². The molecule has 0 spiro atoms. The minimum atomic E-state index is 0. The van der Waals surface area contributed by atoms with Gasteiger partial charge in [0.15, 0.2) is 0 Å². The van der Waals surface area contributed by atoms with Crippen LogP contribution in [0.15, 0.2) is 0 Å². The molecule has 0 aromatic carbocycles. The Morgan fingerprint density at radius 2 is 0.429 bits per heavy atom. The van der Waals surface area contributed by atoms with E-state index in [2.05, 4.69) is 0 Å². The van der Waals surface area contributed by atoms with Crippen molar-refractivity contribution in [3.63, 3.8) is 0 Å². The summed E-state index contributed by atoms with van der Waals surface area (Å²) in [5.41, 5.74) is 0. The molecule has 7 heteroatoms. The molecule has 0 atom stereocenters. The van der Waals surface area contributed by atoms with Crippen molar-refractivity contribution < 1.29 is 44.4 Å². The molecule has 0 aliphatic rings. The van der Waals surface area contributed by atoms with E-state index in [9.17, 15) is 0 Å². The summed E-state index contributed by atoms with van der Waals surface area (Å²) in [6.45, 7) is 0. The van der Waals surface area contributed by atoms with Gasteiger partial charge >= 0.3 is 42.9 Å². The Labute approximate surface area is 70.3 Å². The van der Waals surface area contributed by atoms with E-state index in [0.717, 1.165) is 0 Å². The molecular formula is H5CuInO5. The van der Waals surface area contributed by atoms with E-state index in [-0.39, 0.29) is 70.3 Å². The third-order valence-corrected chi connectivity index (χ3v) is 0. The van der Waals surface area contributed by atoms with Gasteiger partial charge in [-0.05, 0) is 0 Å². The molecule has 0 amide bonds. The van der Waals surface area contributed by atoms with Gasteiger partial charge in [-0.1, -0.05) is 0 Å². The van der Waals surface area contributed by atoms with Gasteiger partial charge in [0.2, 0.25) is 0 Å². The van der Waals surface area contributed by atoms with Crippen molar-refractivity contribution in [3.05, 3.63) is 0 Å². The number of hydrogen-bond acceptors (Lipinski definition) is 5. The molecule has 5 N–H and O–H groups in total. The first-order valence-electron chi connectivity index (χ1n) is 0. The molecule has 49 valence electrons. The fraction of sp³-hybridized carbons (Fsp3) is 0. The van der Waals surface area contributed by atoms with Gasteiger partial charge in [0.25, 0.3) is 0 Å². The molecule has 0 saturated carbocycles. The third kappa shape index (κ3) is 137. The van der Waals surface area contributed by atoms with Crippen LogP contribution in [0.3, 0.4) is 0 Å². The Morgan fingerprint density at radius 3 is 0.429 bits per heavy atom. The molecule has 0 heterocycles. The zero-order valence-electron chi connectivity index (χ0n) is 3.11. The molecule has 1 radical (unpaired) electrons. The molecule has 0 bridgehead atoms. The van der Waals surface area contributed by atoms with E-state index < -0.39 is 0 Å². The van der Waals surface area contributed by atoms with Crippen LogP contribution in [0, 0.1) is 0 Å². The third-order valence-electron chi connectivity index (χ3n) is 0. The van der Waals surface area contributed by atoms with Crippen molar-refractivity contribution in [3.8, 4) is 0 Å². The summed E-state index contributed by atoms with van der Waals surface area (Å²) in [4.78, 5) is 0. The van der Waals surface area contributed by atoms with E-state index in [1.54, 1.807) is 0 Å². The maximum Gasteiger partial charge on any atom is 3.00 e. The van der Waals surface area contributed by atoms with Crippen LogP contribution in [-0.2, 0) is 17.1 Å². The molecule has 7 heavy (non-hydrogen) atoms. The minimum Gasteiger partial charge on any atom is -0.870 e. The molecule has 0 aromatic rings. The van der Waals surface area contributed by atoms with Crippen molar-refractivity contribution in [1.29, 1.82) is 0 Å². The van der Waals surface area contributed by atoms with Crippen LogP contribution >= 0.6 is 0 Å². The smallest absolute Gasteiger partial charge is 0.870 e. The fourth-order valence-electron chi connectivity index (χ4n) is 0. The van der Waals surface area contributed by atoms with Gasteiger partial charge < -0.3 is 27.4 Å². The quantitative estimate of drug-likeness (QED) is 0.499. The second-order valence-corrected chi connectivity index (χ2v) is 0. The minimum absolute atomic E-state index is 0. The molecule has 0 rings (SSSR count). The average Bonchev–Trinajstić information content (AvgIpc) is 0. The topological polar surface area (TPSA) is 150 Å². The molecule has 5 nitrogen and oxygen atoms in total. The van der Waals surface area contributed by atoms with Crippen molar-refractivity contribution in [1.82, 2.24) is 0 Å². The first-order chi connectivity index (χ1) is 0. The van der Waals surface area contributed by atoms with Crippen molar-refractivity contribution in [2.45, 2.75) is 0 Å². The van der Waals surface area contributed by atoms with E-state index in [1.807, 2.05) is 0 Å². The predicted molar refractivity (Wildman–Crippen MR) is 15.4 cm³/mol. The van der Waals surface area contributed by atoms with E-state index in [1.165, 1.54) is 0 Å². The van der Waals surface area contributed by atoms with E-state index in [0.29, 0.717) is 0 Å². The number of hydrogen-bond donors (Lipinski definition) is 0. The monoisotopic (exact) mass is 263 g/mol. The van der Waals surface area contributed by atoms with Crippen LogP contribution in [0.4, 0.5) is 0 Å².